The molecule has 24 heavy (non-hydrogen) atoms. The second-order valence-electron chi connectivity index (χ2n) is 8.57. The number of halogens is 2. The molecule has 0 aliphatic rings. The molecular formula is C18H36F2O2Si2. The van der Waals surface area contributed by atoms with Gasteiger partial charge in [-0.05, 0) is 42.7 Å². The molecule has 142 valence electrons. The van der Waals surface area contributed by atoms with Gasteiger partial charge in [0.1, 0.15) is 19.2 Å². The molecule has 0 spiro atoms. The maximum Gasteiger partial charge on any atom is 0.306 e. The van der Waals surface area contributed by atoms with E-state index in [4.69, 9.17) is 4.43 Å². The third-order valence-corrected chi connectivity index (χ3v) is 12.6. The van der Waals surface area contributed by atoms with Crippen LogP contribution in [0.2, 0.25) is 36.3 Å². The predicted molar refractivity (Wildman–Crippen MR) is 104 cm³/mol. The lowest BCUT2D eigenvalue weighted by Crippen LogP contribution is -2.52. The number of hydrogen-bond acceptors (Lipinski definition) is 2. The lowest BCUT2D eigenvalue weighted by Gasteiger charge is -2.41. The second-order valence-corrected chi connectivity index (χ2v) is 18.9. The van der Waals surface area contributed by atoms with Crippen molar-refractivity contribution in [2.45, 2.75) is 97.1 Å². The zero-order chi connectivity index (χ0) is 19.3. The van der Waals surface area contributed by atoms with Gasteiger partial charge < -0.3 is 9.22 Å². The topological polar surface area (TPSA) is 26.3 Å². The Bertz CT molecular complexity index is 427. The van der Waals surface area contributed by atoms with Gasteiger partial charge in [-0.25, -0.2) is 0 Å². The molecule has 6 heteroatoms. The summed E-state index contributed by atoms with van der Waals surface area (Å²) in [4.78, 5) is 13.1. The summed E-state index contributed by atoms with van der Waals surface area (Å²) in [6.07, 6.45) is -0.773. The zero-order valence-corrected chi connectivity index (χ0v) is 18.9. The number of rotatable bonds is 10. The van der Waals surface area contributed by atoms with Gasteiger partial charge in [0.15, 0.2) is 0 Å². The van der Waals surface area contributed by atoms with E-state index in [1.165, 1.54) is 0 Å². The van der Waals surface area contributed by atoms with Crippen molar-refractivity contribution in [1.82, 2.24) is 0 Å². The van der Waals surface area contributed by atoms with Crippen LogP contribution in [0.5, 0.6) is 0 Å². The van der Waals surface area contributed by atoms with Crippen LogP contribution in [0.1, 0.15) is 60.8 Å². The van der Waals surface area contributed by atoms with Gasteiger partial charge in [0.05, 0.1) is 0 Å². The summed E-state index contributed by atoms with van der Waals surface area (Å²) in [7, 11) is -4.22. The largest absolute Gasteiger partial charge is 0.544 e. The first kappa shape index (κ1) is 23.5. The summed E-state index contributed by atoms with van der Waals surface area (Å²) in [6.45, 7) is 18.5. The molecule has 0 heterocycles. The van der Waals surface area contributed by atoms with E-state index in [9.17, 15) is 13.6 Å². The first-order chi connectivity index (χ1) is 10.8. The van der Waals surface area contributed by atoms with Crippen molar-refractivity contribution < 1.29 is 18.0 Å². The number of carbonyl (C=O) groups is 1. The zero-order valence-electron chi connectivity index (χ0n) is 16.9. The molecule has 0 saturated heterocycles. The highest BCUT2D eigenvalue weighted by Crippen LogP contribution is 2.43. The Kier molecular flexibility index (Phi) is 9.08. The molecule has 0 rings (SSSR count). The molecule has 0 aromatic carbocycles. The maximum atomic E-state index is 13.1. The molecule has 0 aromatic heterocycles. The summed E-state index contributed by atoms with van der Waals surface area (Å²) in [5.41, 5.74) is 1.07. The minimum atomic E-state index is -2.15. The summed E-state index contributed by atoms with van der Waals surface area (Å²) in [5.74, 6) is -0.215. The van der Waals surface area contributed by atoms with Gasteiger partial charge >= 0.3 is 6.08 Å². The van der Waals surface area contributed by atoms with E-state index in [1.807, 2.05) is 19.6 Å². The van der Waals surface area contributed by atoms with E-state index in [0.29, 0.717) is 34.9 Å². The van der Waals surface area contributed by atoms with Crippen LogP contribution in [-0.4, -0.2) is 21.8 Å². The van der Waals surface area contributed by atoms with Crippen LogP contribution >= 0.6 is 0 Å². The SMILES string of the molecule is CC(C)[Si](C(=O)CCCC(O[Si](C)(C)C)=C(F)F)(C(C)C)C(C)C. The van der Waals surface area contributed by atoms with Gasteiger partial charge in [0.2, 0.25) is 8.32 Å². The van der Waals surface area contributed by atoms with Crippen molar-refractivity contribution >= 4 is 21.8 Å². The van der Waals surface area contributed by atoms with Crippen molar-refractivity contribution in [1.29, 1.82) is 0 Å². The van der Waals surface area contributed by atoms with Gasteiger partial charge in [-0.2, -0.15) is 8.78 Å². The number of hydrogen-bond donors (Lipinski definition) is 0. The minimum Gasteiger partial charge on any atom is -0.544 e. The summed E-state index contributed by atoms with van der Waals surface area (Å²) < 4.78 is 31.6. The van der Waals surface area contributed by atoms with E-state index in [-0.39, 0.29) is 12.2 Å². The van der Waals surface area contributed by atoms with Crippen LogP contribution in [-0.2, 0) is 9.22 Å². The van der Waals surface area contributed by atoms with Crippen LogP contribution in [0.4, 0.5) is 8.78 Å². The molecule has 2 nitrogen and oxygen atoms in total. The van der Waals surface area contributed by atoms with Crippen LogP contribution in [0.3, 0.4) is 0 Å². The van der Waals surface area contributed by atoms with Crippen molar-refractivity contribution in [3.05, 3.63) is 11.8 Å². The van der Waals surface area contributed by atoms with Crippen LogP contribution < -0.4 is 0 Å². The number of allylic oxidation sites excluding steroid dienone is 1. The Labute approximate surface area is 149 Å². The molecule has 0 saturated carbocycles. The van der Waals surface area contributed by atoms with E-state index >= 15 is 0 Å². The molecule has 0 unspecified atom stereocenters. The highest BCUT2D eigenvalue weighted by molar-refractivity contribution is 7.08. The summed E-state index contributed by atoms with van der Waals surface area (Å²) >= 11 is 0. The van der Waals surface area contributed by atoms with Gasteiger partial charge in [0.25, 0.3) is 0 Å². The first-order valence-corrected chi connectivity index (χ1v) is 14.7. The highest BCUT2D eigenvalue weighted by atomic mass is 28.4. The standard InChI is InChI=1S/C18H36F2O2Si2/c1-13(2)24(14(3)4,15(5)6)17(21)12-10-11-16(18(19)20)22-23(7,8)9/h13-15H,10-12H2,1-9H3. The summed E-state index contributed by atoms with van der Waals surface area (Å²) in [6, 6.07) is 0. The van der Waals surface area contributed by atoms with Crippen LogP contribution in [0.25, 0.3) is 0 Å². The predicted octanol–water partition coefficient (Wildman–Crippen LogP) is 6.90. The molecule has 0 aromatic rings. The van der Waals surface area contributed by atoms with E-state index in [2.05, 4.69) is 41.5 Å². The van der Waals surface area contributed by atoms with E-state index in [0.717, 1.165) is 0 Å². The van der Waals surface area contributed by atoms with Gasteiger partial charge in [-0.3, -0.25) is 0 Å². The van der Waals surface area contributed by atoms with Crippen LogP contribution in [0, 0.1) is 0 Å². The fourth-order valence-corrected chi connectivity index (χ4v) is 11.6. The molecule has 0 amide bonds. The van der Waals surface area contributed by atoms with E-state index < -0.39 is 22.5 Å². The fraction of sp³-hybridized carbons (Fsp3) is 0.833. The van der Waals surface area contributed by atoms with Crippen molar-refractivity contribution in [2.75, 3.05) is 0 Å². The Hall–Kier alpha value is -0.496. The Balaban J connectivity index is 5.08. The maximum absolute atomic E-state index is 13.1. The molecular weight excluding hydrogens is 342 g/mol. The number of carbonyl (C=O) groups excluding carboxylic acids is 1. The van der Waals surface area contributed by atoms with Crippen molar-refractivity contribution in [2.24, 2.45) is 0 Å². The monoisotopic (exact) mass is 378 g/mol. The Morgan fingerprint density at radius 3 is 1.58 bits per heavy atom. The smallest absolute Gasteiger partial charge is 0.306 e. The molecule has 0 atom stereocenters. The molecule has 0 aliphatic carbocycles. The molecule has 0 N–H and O–H groups in total. The van der Waals surface area contributed by atoms with E-state index in [1.54, 1.807) is 0 Å². The second kappa shape index (κ2) is 9.27. The van der Waals surface area contributed by atoms with Crippen molar-refractivity contribution in [3.8, 4) is 0 Å². The average molecular weight is 379 g/mol. The Morgan fingerprint density at radius 2 is 1.29 bits per heavy atom. The molecule has 0 bridgehead atoms. The molecule has 0 fully saturated rings. The lowest BCUT2D eigenvalue weighted by atomic mass is 10.2. The molecule has 0 radical (unpaired) electrons. The van der Waals surface area contributed by atoms with Crippen LogP contribution in [0.15, 0.2) is 11.8 Å². The fourth-order valence-electron chi connectivity index (χ4n) is 4.15. The van der Waals surface area contributed by atoms with Gasteiger partial charge in [-0.15, -0.1) is 0 Å². The quantitative estimate of drug-likeness (QED) is 0.305. The molecule has 0 aliphatic heterocycles. The third-order valence-electron chi connectivity index (χ3n) is 4.80. The lowest BCUT2D eigenvalue weighted by molar-refractivity contribution is -0.113. The van der Waals surface area contributed by atoms with Crippen molar-refractivity contribution in [3.63, 3.8) is 0 Å². The average Bonchev–Trinajstić information content (AvgIpc) is 2.34. The minimum absolute atomic E-state index is 0.150. The third kappa shape index (κ3) is 6.10. The Morgan fingerprint density at radius 1 is 0.875 bits per heavy atom. The normalized spacial score (nSPS) is 12.9. The summed E-state index contributed by atoms with van der Waals surface area (Å²) in [5, 5.41) is 0.328. The van der Waals surface area contributed by atoms with Gasteiger partial charge in [0, 0.05) is 12.8 Å². The van der Waals surface area contributed by atoms with Gasteiger partial charge in [-0.1, -0.05) is 41.5 Å². The first-order valence-electron chi connectivity index (χ1n) is 9.03. The highest BCUT2D eigenvalue weighted by Gasteiger charge is 2.48.